The summed E-state index contributed by atoms with van der Waals surface area (Å²) in [5.74, 6) is -0.229. The zero-order chi connectivity index (χ0) is 29.8. The van der Waals surface area contributed by atoms with Crippen molar-refractivity contribution >= 4 is 12.1 Å². The Labute approximate surface area is 240 Å². The molecule has 0 aliphatic rings. The molecule has 1 N–H and O–H groups in total. The van der Waals surface area contributed by atoms with Crippen molar-refractivity contribution in [2.45, 2.75) is 46.8 Å². The number of amides is 1. The number of benzene rings is 3. The van der Waals surface area contributed by atoms with E-state index in [1.165, 1.54) is 17.0 Å². The van der Waals surface area contributed by atoms with Crippen LogP contribution in [0.4, 0.5) is 9.18 Å². The van der Waals surface area contributed by atoms with Gasteiger partial charge in [-0.3, -0.25) is 0 Å². The Morgan fingerprint density at radius 3 is 2.17 bits per heavy atom. The molecule has 0 fully saturated rings. The number of carboxylic acid groups (broad SMARTS) is 1. The number of aliphatic carboxylic acids is 1. The summed E-state index contributed by atoms with van der Waals surface area (Å²) in [6, 6.07) is 17.0. The van der Waals surface area contributed by atoms with Crippen LogP contribution in [0.2, 0.25) is 0 Å². The molecule has 0 bridgehead atoms. The zero-order valence-electron chi connectivity index (χ0n) is 24.0. The number of carbonyl (C=O) groups is 2. The number of halogens is 1. The number of hydrogen-bond acceptors (Lipinski definition) is 6. The van der Waals surface area contributed by atoms with E-state index >= 15 is 0 Å². The number of aryl methyl sites for hydroxylation is 3. The van der Waals surface area contributed by atoms with E-state index in [0.29, 0.717) is 18.1 Å². The summed E-state index contributed by atoms with van der Waals surface area (Å²) >= 11 is 0. The minimum absolute atomic E-state index is 0.203. The molecule has 0 aliphatic carbocycles. The van der Waals surface area contributed by atoms with Crippen LogP contribution in [0.5, 0.6) is 11.5 Å². The van der Waals surface area contributed by atoms with Gasteiger partial charge in [0.15, 0.2) is 6.10 Å². The van der Waals surface area contributed by atoms with Crippen LogP contribution in [0.3, 0.4) is 0 Å². The van der Waals surface area contributed by atoms with E-state index in [1.54, 1.807) is 43.3 Å². The Bertz CT molecular complexity index is 1280. The normalized spacial score (nSPS) is 11.6. The second-order valence-corrected chi connectivity index (χ2v) is 9.71. The summed E-state index contributed by atoms with van der Waals surface area (Å²) in [5, 5.41) is 9.30. The largest absolute Gasteiger partial charge is 0.492 e. The van der Waals surface area contributed by atoms with Crippen LogP contribution >= 0.6 is 0 Å². The molecule has 1 unspecified atom stereocenters. The maximum atomic E-state index is 13.2. The Kier molecular flexibility index (Phi) is 12.1. The maximum absolute atomic E-state index is 13.2. The van der Waals surface area contributed by atoms with Crippen molar-refractivity contribution in [3.05, 3.63) is 94.3 Å². The van der Waals surface area contributed by atoms with Crippen molar-refractivity contribution in [1.29, 1.82) is 0 Å². The summed E-state index contributed by atoms with van der Waals surface area (Å²) < 4.78 is 35.8. The van der Waals surface area contributed by atoms with Gasteiger partial charge >= 0.3 is 12.1 Å². The number of nitrogens with zero attached hydrogens (tertiary/aromatic N) is 1. The fourth-order valence-electron chi connectivity index (χ4n) is 4.07. The van der Waals surface area contributed by atoms with Gasteiger partial charge in [0, 0.05) is 19.6 Å². The van der Waals surface area contributed by atoms with Crippen LogP contribution < -0.4 is 9.47 Å². The third-order valence-electron chi connectivity index (χ3n) is 6.55. The molecule has 3 aromatic rings. The van der Waals surface area contributed by atoms with E-state index in [-0.39, 0.29) is 45.1 Å². The number of ether oxygens (including phenoxy) is 4. The molecule has 3 rings (SSSR count). The molecule has 0 spiro atoms. The number of carboxylic acids is 1. The quantitative estimate of drug-likeness (QED) is 0.229. The van der Waals surface area contributed by atoms with Crippen molar-refractivity contribution in [2.24, 2.45) is 0 Å². The van der Waals surface area contributed by atoms with Gasteiger partial charge in [0.2, 0.25) is 0 Å². The fraction of sp³-hybridized carbons (Fsp3) is 0.375. The lowest BCUT2D eigenvalue weighted by Gasteiger charge is -2.23. The second kappa shape index (κ2) is 15.7. The van der Waals surface area contributed by atoms with Crippen LogP contribution in [0.15, 0.2) is 60.7 Å². The molecule has 0 aliphatic heterocycles. The molecule has 0 heterocycles. The predicted octanol–water partition coefficient (Wildman–Crippen LogP) is 5.88. The van der Waals surface area contributed by atoms with Crippen molar-refractivity contribution in [2.75, 3.05) is 32.9 Å². The van der Waals surface area contributed by atoms with Crippen molar-refractivity contribution < 1.29 is 38.0 Å². The standard InChI is InChI=1S/C32H38FNO7/c1-5-39-30(31(35)36)20-25-8-12-28(13-9-25)40-17-15-34(14-16-38-21-26-6-10-27(33)11-7-26)32(37)41-29-19-23(3)22(2)18-24(29)4/h6-13,18-19,30H,5,14-17,20-21H2,1-4H3,(H,35,36). The Balaban J connectivity index is 1.59. The van der Waals surface area contributed by atoms with Crippen LogP contribution in [0, 0.1) is 26.6 Å². The van der Waals surface area contributed by atoms with E-state index in [2.05, 4.69) is 0 Å². The molecular formula is C32H38FNO7. The van der Waals surface area contributed by atoms with Gasteiger partial charge in [0.1, 0.15) is 23.9 Å². The lowest BCUT2D eigenvalue weighted by atomic mass is 10.1. The van der Waals surface area contributed by atoms with Crippen molar-refractivity contribution in [3.63, 3.8) is 0 Å². The van der Waals surface area contributed by atoms with Crippen LogP contribution in [0.25, 0.3) is 0 Å². The van der Waals surface area contributed by atoms with E-state index in [0.717, 1.165) is 27.8 Å². The molecule has 1 atom stereocenters. The molecule has 0 saturated carbocycles. The summed E-state index contributed by atoms with van der Waals surface area (Å²) in [7, 11) is 0. The van der Waals surface area contributed by atoms with Gasteiger partial charge in [0.05, 0.1) is 19.8 Å². The Hall–Kier alpha value is -3.95. The van der Waals surface area contributed by atoms with E-state index in [1.807, 2.05) is 32.9 Å². The molecular weight excluding hydrogens is 529 g/mol. The van der Waals surface area contributed by atoms with Crippen molar-refractivity contribution in [1.82, 2.24) is 4.90 Å². The number of carbonyl (C=O) groups excluding carboxylic acids is 1. The summed E-state index contributed by atoms with van der Waals surface area (Å²) in [6.45, 7) is 9.18. The van der Waals surface area contributed by atoms with E-state index < -0.39 is 18.2 Å². The van der Waals surface area contributed by atoms with Gasteiger partial charge in [-0.15, -0.1) is 0 Å². The average Bonchev–Trinajstić information content (AvgIpc) is 2.94. The van der Waals surface area contributed by atoms with Gasteiger partial charge in [-0.2, -0.15) is 0 Å². The maximum Gasteiger partial charge on any atom is 0.415 e. The first-order valence-corrected chi connectivity index (χ1v) is 13.6. The first-order chi connectivity index (χ1) is 19.7. The highest BCUT2D eigenvalue weighted by Crippen LogP contribution is 2.23. The second-order valence-electron chi connectivity index (χ2n) is 9.71. The van der Waals surface area contributed by atoms with Crippen LogP contribution in [-0.4, -0.2) is 61.1 Å². The lowest BCUT2D eigenvalue weighted by Crippen LogP contribution is -2.39. The van der Waals surface area contributed by atoms with Crippen molar-refractivity contribution in [3.8, 4) is 11.5 Å². The summed E-state index contributed by atoms with van der Waals surface area (Å²) in [4.78, 5) is 26.0. The van der Waals surface area contributed by atoms with Gasteiger partial charge in [-0.1, -0.05) is 30.3 Å². The lowest BCUT2D eigenvalue weighted by molar-refractivity contribution is -0.149. The molecule has 9 heteroatoms. The van der Waals surface area contributed by atoms with E-state index in [4.69, 9.17) is 18.9 Å². The first kappa shape index (κ1) is 31.6. The number of rotatable bonds is 15. The number of hydrogen-bond donors (Lipinski definition) is 1. The van der Waals surface area contributed by atoms with Gasteiger partial charge in [-0.05, 0) is 85.8 Å². The molecule has 0 radical (unpaired) electrons. The van der Waals surface area contributed by atoms with Gasteiger partial charge in [-0.25, -0.2) is 14.0 Å². The van der Waals surface area contributed by atoms with E-state index in [9.17, 15) is 19.1 Å². The minimum atomic E-state index is -1.00. The molecule has 8 nitrogen and oxygen atoms in total. The van der Waals surface area contributed by atoms with Gasteiger partial charge < -0.3 is 29.0 Å². The average molecular weight is 568 g/mol. The third-order valence-corrected chi connectivity index (χ3v) is 6.55. The zero-order valence-corrected chi connectivity index (χ0v) is 24.0. The Morgan fingerprint density at radius 2 is 1.51 bits per heavy atom. The summed E-state index contributed by atoms with van der Waals surface area (Å²) in [5.41, 5.74) is 4.64. The molecule has 3 aromatic carbocycles. The highest BCUT2D eigenvalue weighted by molar-refractivity contribution is 5.73. The highest BCUT2D eigenvalue weighted by Gasteiger charge is 2.19. The SMILES string of the molecule is CCOC(Cc1ccc(OCCN(CCOCc2ccc(F)cc2)C(=O)Oc2cc(C)c(C)cc2C)cc1)C(=O)O. The highest BCUT2D eigenvalue weighted by atomic mass is 19.1. The monoisotopic (exact) mass is 567 g/mol. The molecule has 1 amide bonds. The Morgan fingerprint density at radius 1 is 0.878 bits per heavy atom. The third kappa shape index (κ3) is 10.2. The fourth-order valence-corrected chi connectivity index (χ4v) is 4.07. The van der Waals surface area contributed by atoms with Crippen LogP contribution in [0.1, 0.15) is 34.7 Å². The molecule has 41 heavy (non-hydrogen) atoms. The minimum Gasteiger partial charge on any atom is -0.492 e. The predicted molar refractivity (Wildman–Crippen MR) is 153 cm³/mol. The molecule has 0 saturated heterocycles. The topological polar surface area (TPSA) is 94.5 Å². The molecule has 0 aromatic heterocycles. The smallest absolute Gasteiger partial charge is 0.415 e. The summed E-state index contributed by atoms with van der Waals surface area (Å²) in [6.07, 6.45) is -1.17. The van der Waals surface area contributed by atoms with Gasteiger partial charge in [0.25, 0.3) is 0 Å². The van der Waals surface area contributed by atoms with Crippen LogP contribution in [-0.2, 0) is 27.3 Å². The molecule has 220 valence electrons. The first-order valence-electron chi connectivity index (χ1n) is 13.6.